The Hall–Kier alpha value is -2.76. The van der Waals surface area contributed by atoms with Crippen molar-refractivity contribution < 1.29 is 9.60 Å². The zero-order valence-corrected chi connectivity index (χ0v) is 26.8. The van der Waals surface area contributed by atoms with Crippen LogP contribution in [-0.2, 0) is 0 Å². The van der Waals surface area contributed by atoms with E-state index in [1.165, 1.54) is 38.2 Å². The number of hydrogen-bond donors (Lipinski definition) is 2. The summed E-state index contributed by atoms with van der Waals surface area (Å²) in [7, 11) is 2.42. The molecular weight excluding hydrogens is 518 g/mol. The Morgan fingerprint density at radius 1 is 1.25 bits per heavy atom. The van der Waals surface area contributed by atoms with E-state index in [1.54, 1.807) is 30.4 Å². The van der Waals surface area contributed by atoms with Crippen LogP contribution >= 0.6 is 9.24 Å². The SMILES string of the molecule is C=C\C(=C/C=C(C)/C(C)=C(\C#N)c1ccc(C#N)cc1C)N(O)NC(CF)CP.CC.CCC(C)C1CCCC1. The van der Waals surface area contributed by atoms with Crippen LogP contribution in [0.4, 0.5) is 4.39 Å². The Kier molecular flexibility index (Phi) is 19.6. The van der Waals surface area contributed by atoms with Gasteiger partial charge in [0.2, 0.25) is 0 Å². The second-order valence-electron chi connectivity index (χ2n) is 9.86. The lowest BCUT2D eigenvalue weighted by atomic mass is 9.91. The van der Waals surface area contributed by atoms with E-state index < -0.39 is 12.7 Å². The topological polar surface area (TPSA) is 83.1 Å². The molecule has 1 aromatic rings. The maximum atomic E-state index is 12.8. The van der Waals surface area contributed by atoms with Crippen LogP contribution in [0, 0.1) is 41.4 Å². The third-order valence-corrected chi connectivity index (χ3v) is 7.85. The summed E-state index contributed by atoms with van der Waals surface area (Å²) < 4.78 is 12.8. The highest BCUT2D eigenvalue weighted by Crippen LogP contribution is 2.32. The third kappa shape index (κ3) is 12.2. The van der Waals surface area contributed by atoms with Crippen LogP contribution in [0.15, 0.2) is 59.8 Å². The zero-order valence-electron chi connectivity index (χ0n) is 25.6. The molecule has 3 unspecified atom stereocenters. The Bertz CT molecular complexity index is 1090. The molecule has 1 saturated carbocycles. The molecule has 0 heterocycles. The van der Waals surface area contributed by atoms with Gasteiger partial charge in [0.1, 0.15) is 12.7 Å². The van der Waals surface area contributed by atoms with Crippen LogP contribution in [0.2, 0.25) is 0 Å². The van der Waals surface area contributed by atoms with E-state index in [2.05, 4.69) is 47.2 Å². The average Bonchev–Trinajstić information content (AvgIpc) is 3.53. The highest BCUT2D eigenvalue weighted by molar-refractivity contribution is 7.16. The summed E-state index contributed by atoms with van der Waals surface area (Å²) in [5, 5.41) is 29.5. The predicted molar refractivity (Wildman–Crippen MR) is 170 cm³/mol. The molecule has 2 rings (SSSR count). The third-order valence-electron chi connectivity index (χ3n) is 7.29. The zero-order chi connectivity index (χ0) is 30.7. The molecule has 0 bridgehead atoms. The molecule has 0 radical (unpaired) electrons. The summed E-state index contributed by atoms with van der Waals surface area (Å²) in [5.74, 6) is 2.07. The number of allylic oxidation sites excluding steroid dienone is 6. The minimum absolute atomic E-state index is 0.335. The maximum absolute atomic E-state index is 12.8. The van der Waals surface area contributed by atoms with E-state index in [1.807, 2.05) is 34.6 Å². The minimum Gasteiger partial charge on any atom is -0.273 e. The van der Waals surface area contributed by atoms with E-state index in [0.29, 0.717) is 23.0 Å². The summed E-state index contributed by atoms with van der Waals surface area (Å²) in [6, 6.07) is 9.00. The van der Waals surface area contributed by atoms with Crippen molar-refractivity contribution in [2.45, 2.75) is 86.6 Å². The minimum atomic E-state index is -0.628. The van der Waals surface area contributed by atoms with Crippen molar-refractivity contribution in [1.29, 1.82) is 10.5 Å². The van der Waals surface area contributed by atoms with E-state index >= 15 is 0 Å². The molecule has 0 spiro atoms. The molecule has 3 atom stereocenters. The van der Waals surface area contributed by atoms with Gasteiger partial charge in [-0.25, -0.2) is 9.82 Å². The van der Waals surface area contributed by atoms with Gasteiger partial charge in [-0.2, -0.15) is 15.7 Å². The van der Waals surface area contributed by atoms with Crippen molar-refractivity contribution in [3.63, 3.8) is 0 Å². The largest absolute Gasteiger partial charge is 0.273 e. The summed E-state index contributed by atoms with van der Waals surface area (Å²) in [6.45, 7) is 17.3. The molecule has 5 nitrogen and oxygen atoms in total. The molecule has 1 aliphatic rings. The van der Waals surface area contributed by atoms with Crippen molar-refractivity contribution >= 4 is 14.8 Å². The Morgan fingerprint density at radius 2 is 1.88 bits per heavy atom. The Labute approximate surface area is 245 Å². The van der Waals surface area contributed by atoms with Crippen LogP contribution in [0.1, 0.15) is 90.3 Å². The molecule has 0 amide bonds. The fourth-order valence-corrected chi connectivity index (χ4v) is 4.61. The fourth-order valence-electron chi connectivity index (χ4n) is 4.37. The number of hydrogen-bond acceptors (Lipinski definition) is 5. The number of hydrazine groups is 1. The summed E-state index contributed by atoms with van der Waals surface area (Å²) in [4.78, 5) is 0. The van der Waals surface area contributed by atoms with E-state index in [4.69, 9.17) is 5.26 Å². The molecule has 40 heavy (non-hydrogen) atoms. The normalized spacial score (nSPS) is 15.7. The molecule has 0 aromatic heterocycles. The summed E-state index contributed by atoms with van der Waals surface area (Å²) >= 11 is 0. The number of nitriles is 2. The van der Waals surface area contributed by atoms with Crippen LogP contribution in [0.3, 0.4) is 0 Å². The smallest absolute Gasteiger partial charge is 0.107 e. The van der Waals surface area contributed by atoms with Crippen molar-refractivity contribution in [1.82, 2.24) is 10.6 Å². The van der Waals surface area contributed by atoms with Gasteiger partial charge >= 0.3 is 0 Å². The van der Waals surface area contributed by atoms with Crippen molar-refractivity contribution in [2.24, 2.45) is 11.8 Å². The van der Waals surface area contributed by atoms with Crippen LogP contribution < -0.4 is 5.43 Å². The van der Waals surface area contributed by atoms with Crippen molar-refractivity contribution in [3.05, 3.63) is 76.5 Å². The highest BCUT2D eigenvalue weighted by atomic mass is 31.0. The van der Waals surface area contributed by atoms with Gasteiger partial charge in [0.05, 0.1) is 28.9 Å². The number of hydroxylamine groups is 1. The Morgan fingerprint density at radius 3 is 2.33 bits per heavy atom. The number of rotatable bonds is 11. The molecule has 1 aliphatic carbocycles. The van der Waals surface area contributed by atoms with Gasteiger partial charge in [-0.05, 0) is 85.3 Å². The van der Waals surface area contributed by atoms with E-state index in [0.717, 1.165) is 39.3 Å². The van der Waals surface area contributed by atoms with Gasteiger partial charge in [-0.3, -0.25) is 5.21 Å². The number of aryl methyl sites for hydroxylation is 1. The predicted octanol–water partition coefficient (Wildman–Crippen LogP) is 8.84. The van der Waals surface area contributed by atoms with Gasteiger partial charge < -0.3 is 0 Å². The molecule has 0 aliphatic heterocycles. The first-order valence-electron chi connectivity index (χ1n) is 14.3. The van der Waals surface area contributed by atoms with Crippen LogP contribution in [-0.4, -0.2) is 29.3 Å². The quantitative estimate of drug-likeness (QED) is 0.121. The molecule has 1 fully saturated rings. The van der Waals surface area contributed by atoms with Crippen molar-refractivity contribution in [3.8, 4) is 12.1 Å². The second kappa shape index (κ2) is 21.0. The summed E-state index contributed by atoms with van der Waals surface area (Å²) in [5.41, 5.74) is 7.20. The molecular formula is C33H50FN4OP. The number of halogens is 1. The highest BCUT2D eigenvalue weighted by Gasteiger charge is 2.19. The van der Waals surface area contributed by atoms with Gasteiger partial charge in [-0.15, -0.1) is 9.24 Å². The fraction of sp³-hybridized carbons (Fsp3) is 0.515. The number of benzene rings is 1. The monoisotopic (exact) mass is 568 g/mol. The van der Waals surface area contributed by atoms with Gasteiger partial charge in [0.15, 0.2) is 0 Å². The lowest BCUT2D eigenvalue weighted by molar-refractivity contribution is -0.108. The molecule has 7 heteroatoms. The average molecular weight is 569 g/mol. The second-order valence-corrected chi connectivity index (χ2v) is 10.3. The first-order valence-corrected chi connectivity index (χ1v) is 15.1. The molecule has 0 saturated heterocycles. The molecule has 2 N–H and O–H groups in total. The van der Waals surface area contributed by atoms with E-state index in [-0.39, 0.29) is 0 Å². The maximum Gasteiger partial charge on any atom is 0.107 e. The molecule has 1 aromatic carbocycles. The van der Waals surface area contributed by atoms with Crippen LogP contribution in [0.25, 0.3) is 5.57 Å². The lowest BCUT2D eigenvalue weighted by Gasteiger charge is -2.23. The standard InChI is InChI=1S/C22H26FN4OP.C9H18.C2H6/c1-5-20(27(28)26-19(11-23)14-29)8-6-15(2)17(4)22(13-25)21-9-7-18(12-24)10-16(21)3;1-3-8(2)9-6-4-5-7-9;1-2/h5-10,19,26,28H,1,11,14,29H2,2-4H3;8-9H,3-7H2,1-2H3;1-2H3/b15-6+,20-8+,22-17+;;. The van der Waals surface area contributed by atoms with Crippen LogP contribution in [0.5, 0.6) is 0 Å². The number of nitrogens with zero attached hydrogens (tertiary/aromatic N) is 3. The first-order chi connectivity index (χ1) is 19.2. The summed E-state index contributed by atoms with van der Waals surface area (Å²) in [6.07, 6.45) is 12.6. The molecule has 220 valence electrons. The van der Waals surface area contributed by atoms with Crippen molar-refractivity contribution in [2.75, 3.05) is 12.8 Å². The van der Waals surface area contributed by atoms with Gasteiger partial charge in [0.25, 0.3) is 0 Å². The van der Waals surface area contributed by atoms with Gasteiger partial charge in [0, 0.05) is 0 Å². The van der Waals surface area contributed by atoms with Gasteiger partial charge in [-0.1, -0.05) is 78.5 Å². The first kappa shape index (κ1) is 37.2. The Balaban J connectivity index is 0.00000115. The van der Waals surface area contributed by atoms with E-state index in [9.17, 15) is 14.9 Å². The lowest BCUT2D eigenvalue weighted by Crippen LogP contribution is -2.43. The number of alkyl halides is 1. The number of nitrogens with one attached hydrogen (secondary N) is 1.